The second-order valence-electron chi connectivity index (χ2n) is 7.93. The second-order valence-corrected chi connectivity index (χ2v) is 7.93. The first-order chi connectivity index (χ1) is 15.0. The SMILES string of the molecule is COCc1ccc(CC(=O)N(C)C2CCN(CC(=O)c3ccc(OC)cc3)CC2)cn1. The van der Waals surface area contributed by atoms with E-state index in [1.54, 1.807) is 44.7 Å². The van der Waals surface area contributed by atoms with Crippen LogP contribution in [0.25, 0.3) is 0 Å². The number of carbonyl (C=O) groups excluding carboxylic acids is 2. The fourth-order valence-electron chi connectivity index (χ4n) is 3.83. The minimum atomic E-state index is 0.0917. The molecule has 1 aromatic heterocycles. The summed E-state index contributed by atoms with van der Waals surface area (Å²) < 4.78 is 10.2. The van der Waals surface area contributed by atoms with E-state index in [1.807, 2.05) is 24.1 Å². The fourth-order valence-corrected chi connectivity index (χ4v) is 3.83. The Morgan fingerprint density at radius 2 is 1.81 bits per heavy atom. The molecule has 0 atom stereocenters. The molecule has 7 heteroatoms. The van der Waals surface area contributed by atoms with Gasteiger partial charge in [0.1, 0.15) is 5.75 Å². The minimum Gasteiger partial charge on any atom is -0.497 e. The van der Waals surface area contributed by atoms with E-state index in [0.717, 1.165) is 42.9 Å². The van der Waals surface area contributed by atoms with E-state index in [1.165, 1.54) is 0 Å². The molecule has 0 unspecified atom stereocenters. The van der Waals surface area contributed by atoms with Crippen LogP contribution < -0.4 is 4.74 Å². The predicted octanol–water partition coefficient (Wildman–Crippen LogP) is 2.58. The molecule has 0 bridgehead atoms. The van der Waals surface area contributed by atoms with Gasteiger partial charge in [0.2, 0.25) is 5.91 Å². The van der Waals surface area contributed by atoms with E-state index in [0.29, 0.717) is 25.1 Å². The lowest BCUT2D eigenvalue weighted by molar-refractivity contribution is -0.132. The maximum Gasteiger partial charge on any atom is 0.227 e. The zero-order valence-electron chi connectivity index (χ0n) is 18.5. The molecule has 0 aliphatic carbocycles. The van der Waals surface area contributed by atoms with Crippen LogP contribution in [0.2, 0.25) is 0 Å². The van der Waals surface area contributed by atoms with Crippen molar-refractivity contribution in [2.75, 3.05) is 40.9 Å². The third-order valence-electron chi connectivity index (χ3n) is 5.81. The molecule has 0 radical (unpaired) electrons. The largest absolute Gasteiger partial charge is 0.497 e. The predicted molar refractivity (Wildman–Crippen MR) is 118 cm³/mol. The number of nitrogens with zero attached hydrogens (tertiary/aromatic N) is 3. The molecular formula is C24H31N3O4. The van der Waals surface area contributed by atoms with Crippen LogP contribution in [-0.4, -0.2) is 73.4 Å². The van der Waals surface area contributed by atoms with Crippen LogP contribution in [0.3, 0.4) is 0 Å². The lowest BCUT2D eigenvalue weighted by Gasteiger charge is -2.36. The number of ketones is 1. The van der Waals surface area contributed by atoms with Gasteiger partial charge in [-0.3, -0.25) is 19.5 Å². The number of carbonyl (C=O) groups is 2. The highest BCUT2D eigenvalue weighted by Gasteiger charge is 2.26. The zero-order chi connectivity index (χ0) is 22.2. The first-order valence-corrected chi connectivity index (χ1v) is 10.6. The van der Waals surface area contributed by atoms with Gasteiger partial charge in [-0.15, -0.1) is 0 Å². The number of benzene rings is 1. The van der Waals surface area contributed by atoms with E-state index in [-0.39, 0.29) is 17.7 Å². The number of pyridine rings is 1. The van der Waals surface area contributed by atoms with Crippen molar-refractivity contribution >= 4 is 11.7 Å². The summed E-state index contributed by atoms with van der Waals surface area (Å²) in [5.74, 6) is 0.941. The summed E-state index contributed by atoms with van der Waals surface area (Å²) in [6.07, 6.45) is 3.81. The Bertz CT molecular complexity index is 859. The molecule has 1 aliphatic rings. The molecular weight excluding hydrogens is 394 g/mol. The molecule has 1 aliphatic heterocycles. The minimum absolute atomic E-state index is 0.0917. The van der Waals surface area contributed by atoms with E-state index in [9.17, 15) is 9.59 Å². The Morgan fingerprint density at radius 3 is 2.39 bits per heavy atom. The van der Waals surface area contributed by atoms with Crippen LogP contribution >= 0.6 is 0 Å². The summed E-state index contributed by atoms with van der Waals surface area (Å²) in [5, 5.41) is 0. The van der Waals surface area contributed by atoms with Gasteiger partial charge in [-0.25, -0.2) is 0 Å². The van der Waals surface area contributed by atoms with E-state index >= 15 is 0 Å². The number of Topliss-reactive ketones (excluding diaryl/α,β-unsaturated/α-hetero) is 1. The molecule has 3 rings (SSSR count). The molecule has 2 aromatic rings. The summed E-state index contributed by atoms with van der Waals surface area (Å²) >= 11 is 0. The van der Waals surface area contributed by atoms with Crippen molar-refractivity contribution in [1.29, 1.82) is 0 Å². The van der Waals surface area contributed by atoms with Crippen LogP contribution in [-0.2, 0) is 22.6 Å². The zero-order valence-corrected chi connectivity index (χ0v) is 18.5. The summed E-state index contributed by atoms with van der Waals surface area (Å²) in [4.78, 5) is 33.6. The Morgan fingerprint density at radius 1 is 1.10 bits per heavy atom. The Kier molecular flexibility index (Phi) is 8.14. The summed E-state index contributed by atoms with van der Waals surface area (Å²) in [6, 6.07) is 11.2. The average Bonchev–Trinajstić information content (AvgIpc) is 2.80. The van der Waals surface area contributed by atoms with Crippen LogP contribution in [0, 0.1) is 0 Å². The number of rotatable bonds is 9. The van der Waals surface area contributed by atoms with Gasteiger partial charge >= 0.3 is 0 Å². The maximum atomic E-state index is 12.7. The Labute approximate surface area is 184 Å². The van der Waals surface area contributed by atoms with Crippen molar-refractivity contribution in [2.45, 2.75) is 31.9 Å². The highest BCUT2D eigenvalue weighted by Crippen LogP contribution is 2.18. The molecule has 0 saturated carbocycles. The van der Waals surface area contributed by atoms with Gasteiger partial charge < -0.3 is 14.4 Å². The van der Waals surface area contributed by atoms with Crippen molar-refractivity contribution in [2.24, 2.45) is 0 Å². The highest BCUT2D eigenvalue weighted by atomic mass is 16.5. The standard InChI is InChI=1S/C24H31N3O4/c1-26(24(29)14-18-4-7-20(17-30-2)25-15-18)21-10-12-27(13-11-21)16-23(28)19-5-8-22(31-3)9-6-19/h4-9,15,21H,10-14,16-17H2,1-3H3. The van der Waals surface area contributed by atoms with Gasteiger partial charge in [0.05, 0.1) is 32.4 Å². The molecule has 0 spiro atoms. The number of amides is 1. The number of methoxy groups -OCH3 is 2. The van der Waals surface area contributed by atoms with E-state index in [2.05, 4.69) is 9.88 Å². The Balaban J connectivity index is 1.45. The fraction of sp³-hybridized carbons (Fsp3) is 0.458. The monoisotopic (exact) mass is 425 g/mol. The highest BCUT2D eigenvalue weighted by molar-refractivity contribution is 5.97. The molecule has 1 fully saturated rings. The second kappa shape index (κ2) is 11.0. The molecule has 31 heavy (non-hydrogen) atoms. The molecule has 1 amide bonds. The van der Waals surface area contributed by atoms with Gasteiger partial charge in [-0.05, 0) is 48.7 Å². The molecule has 1 saturated heterocycles. The number of hydrogen-bond donors (Lipinski definition) is 0. The smallest absolute Gasteiger partial charge is 0.227 e. The lowest BCUT2D eigenvalue weighted by Crippen LogP contribution is -2.47. The van der Waals surface area contributed by atoms with Crippen molar-refractivity contribution in [1.82, 2.24) is 14.8 Å². The number of aromatic nitrogens is 1. The van der Waals surface area contributed by atoms with Gasteiger partial charge in [0.25, 0.3) is 0 Å². The van der Waals surface area contributed by atoms with Gasteiger partial charge in [0.15, 0.2) is 5.78 Å². The average molecular weight is 426 g/mol. The third-order valence-corrected chi connectivity index (χ3v) is 5.81. The van der Waals surface area contributed by atoms with Gasteiger partial charge in [-0.1, -0.05) is 6.07 Å². The summed E-state index contributed by atoms with van der Waals surface area (Å²) in [5.41, 5.74) is 2.45. The number of hydrogen-bond acceptors (Lipinski definition) is 6. The van der Waals surface area contributed by atoms with Gasteiger partial charge in [-0.2, -0.15) is 0 Å². The topological polar surface area (TPSA) is 72.0 Å². The van der Waals surface area contributed by atoms with Crippen LogP contribution in [0.15, 0.2) is 42.6 Å². The van der Waals surface area contributed by atoms with Crippen LogP contribution in [0.5, 0.6) is 5.75 Å². The molecule has 1 aromatic carbocycles. The van der Waals surface area contributed by atoms with Gasteiger partial charge in [0, 0.05) is 45.0 Å². The number of likely N-dealkylation sites (N-methyl/N-ethyl adjacent to an activating group) is 1. The van der Waals surface area contributed by atoms with Crippen molar-refractivity contribution < 1.29 is 19.1 Å². The molecule has 0 N–H and O–H groups in total. The first kappa shape index (κ1) is 22.9. The number of ether oxygens (including phenoxy) is 2. The van der Waals surface area contributed by atoms with Crippen molar-refractivity contribution in [3.8, 4) is 5.75 Å². The van der Waals surface area contributed by atoms with E-state index < -0.39 is 0 Å². The molecule has 166 valence electrons. The van der Waals surface area contributed by atoms with Crippen molar-refractivity contribution in [3.63, 3.8) is 0 Å². The van der Waals surface area contributed by atoms with Crippen LogP contribution in [0.1, 0.15) is 34.5 Å². The number of likely N-dealkylation sites (tertiary alicyclic amines) is 1. The lowest BCUT2D eigenvalue weighted by atomic mass is 10.0. The normalized spacial score (nSPS) is 14.9. The quantitative estimate of drug-likeness (QED) is 0.575. The summed E-state index contributed by atoms with van der Waals surface area (Å²) in [6.45, 7) is 2.47. The third kappa shape index (κ3) is 6.35. The van der Waals surface area contributed by atoms with Crippen molar-refractivity contribution in [3.05, 3.63) is 59.4 Å². The first-order valence-electron chi connectivity index (χ1n) is 10.6. The number of piperidine rings is 1. The Hall–Kier alpha value is -2.77. The maximum absolute atomic E-state index is 12.7. The van der Waals surface area contributed by atoms with E-state index in [4.69, 9.17) is 9.47 Å². The van der Waals surface area contributed by atoms with Crippen LogP contribution in [0.4, 0.5) is 0 Å². The summed E-state index contributed by atoms with van der Waals surface area (Å²) in [7, 11) is 5.12. The molecule has 7 nitrogen and oxygen atoms in total. The molecule has 2 heterocycles.